The molecule has 0 radical (unpaired) electrons. The molecular weight excluding hydrogens is 362 g/mol. The van der Waals surface area contributed by atoms with Gasteiger partial charge < -0.3 is 10.2 Å². The third-order valence-electron chi connectivity index (χ3n) is 5.75. The summed E-state index contributed by atoms with van der Waals surface area (Å²) in [7, 11) is 0.555. The van der Waals surface area contributed by atoms with Crippen LogP contribution in [0.5, 0.6) is 0 Å². The maximum Gasteiger partial charge on any atom is 0.251 e. The molecule has 1 aromatic carbocycles. The predicted molar refractivity (Wildman–Crippen MR) is 108 cm³/mol. The van der Waals surface area contributed by atoms with Crippen molar-refractivity contribution in [2.24, 2.45) is 0 Å². The molecule has 0 unspecified atom stereocenters. The quantitative estimate of drug-likeness (QED) is 0.735. The van der Waals surface area contributed by atoms with E-state index in [0.29, 0.717) is 25.2 Å². The lowest BCUT2D eigenvalue weighted by Gasteiger charge is -2.43. The largest absolute Gasteiger partial charge is 0.350 e. The number of nitrogens with zero attached hydrogens (tertiary/aromatic N) is 2. The Kier molecular flexibility index (Phi) is 7.42. The Labute approximate surface area is 164 Å². The lowest BCUT2D eigenvalue weighted by molar-refractivity contribution is 0.0799. The topological polar surface area (TPSA) is 69.7 Å². The summed E-state index contributed by atoms with van der Waals surface area (Å²) in [4.78, 5) is 15.1. The number of carbonyl (C=O) groups excluding carboxylic acids is 1. The average molecular weight is 396 g/mol. The average Bonchev–Trinajstić information content (AvgIpc) is 2.67. The number of likely N-dealkylation sites (N-methyl/N-ethyl adjacent to an activating group) is 1. The smallest absolute Gasteiger partial charge is 0.251 e. The van der Waals surface area contributed by atoms with Crippen LogP contribution < -0.4 is 5.32 Å². The molecule has 27 heavy (non-hydrogen) atoms. The highest BCUT2D eigenvalue weighted by Gasteiger charge is 2.34. The Morgan fingerprint density at radius 3 is 2.30 bits per heavy atom. The Balaban J connectivity index is 2.15. The number of sulfonamides is 1. The van der Waals surface area contributed by atoms with E-state index in [1.165, 1.54) is 29.6 Å². The Hall–Kier alpha value is -1.44. The second-order valence-electron chi connectivity index (χ2n) is 7.48. The second kappa shape index (κ2) is 9.17. The lowest BCUT2D eigenvalue weighted by Crippen LogP contribution is -2.53. The van der Waals surface area contributed by atoms with Crippen LogP contribution in [-0.2, 0) is 10.0 Å². The first-order valence-electron chi connectivity index (χ1n) is 9.82. The van der Waals surface area contributed by atoms with Gasteiger partial charge in [-0.15, -0.1) is 0 Å². The molecule has 0 heterocycles. The molecule has 1 aromatic rings. The fourth-order valence-electron chi connectivity index (χ4n) is 3.85. The second-order valence-corrected chi connectivity index (χ2v) is 9.42. The highest BCUT2D eigenvalue weighted by atomic mass is 32.2. The van der Waals surface area contributed by atoms with Gasteiger partial charge >= 0.3 is 0 Å². The molecule has 1 amide bonds. The highest BCUT2D eigenvalue weighted by Crippen LogP contribution is 2.31. The molecule has 1 aliphatic rings. The highest BCUT2D eigenvalue weighted by molar-refractivity contribution is 7.89. The van der Waals surface area contributed by atoms with Gasteiger partial charge in [-0.1, -0.05) is 39.2 Å². The molecule has 1 fully saturated rings. The maximum atomic E-state index is 12.7. The molecule has 2 rings (SSSR count). The zero-order chi connectivity index (χ0) is 20.1. The standard InChI is InChI=1S/C20H33N3O3S/c1-5-23(6-2)27(25,26)18-12-10-11-17(15-18)19(24)21-16-20(22(3)4)13-8-7-9-14-20/h10-12,15H,5-9,13-14,16H2,1-4H3,(H,21,24). The predicted octanol–water partition coefficient (Wildman–Crippen LogP) is 2.71. The number of amides is 1. The van der Waals surface area contributed by atoms with Crippen molar-refractivity contribution in [1.29, 1.82) is 0 Å². The van der Waals surface area contributed by atoms with Gasteiger partial charge in [0.15, 0.2) is 0 Å². The minimum Gasteiger partial charge on any atom is -0.350 e. The number of benzene rings is 1. The summed E-state index contributed by atoms with van der Waals surface area (Å²) in [6, 6.07) is 6.33. The van der Waals surface area contributed by atoms with E-state index in [0.717, 1.165) is 12.8 Å². The van der Waals surface area contributed by atoms with Crippen LogP contribution in [0.25, 0.3) is 0 Å². The summed E-state index contributed by atoms with van der Waals surface area (Å²) in [6.07, 6.45) is 5.72. The van der Waals surface area contributed by atoms with Crippen molar-refractivity contribution in [2.75, 3.05) is 33.7 Å². The summed E-state index contributed by atoms with van der Waals surface area (Å²) in [5.41, 5.74) is 0.367. The monoisotopic (exact) mass is 395 g/mol. The zero-order valence-electron chi connectivity index (χ0n) is 17.0. The molecule has 0 aliphatic heterocycles. The first-order valence-corrected chi connectivity index (χ1v) is 11.3. The van der Waals surface area contributed by atoms with Gasteiger partial charge in [0.05, 0.1) is 4.90 Å². The molecule has 1 N–H and O–H groups in total. The molecular formula is C20H33N3O3S. The van der Waals surface area contributed by atoms with E-state index in [-0.39, 0.29) is 16.3 Å². The van der Waals surface area contributed by atoms with Crippen molar-refractivity contribution in [3.05, 3.63) is 29.8 Å². The molecule has 152 valence electrons. The Bertz CT molecular complexity index is 737. The van der Waals surface area contributed by atoms with Gasteiger partial charge in [-0.2, -0.15) is 4.31 Å². The van der Waals surface area contributed by atoms with Crippen molar-refractivity contribution >= 4 is 15.9 Å². The number of rotatable bonds is 8. The molecule has 0 saturated heterocycles. The molecule has 1 saturated carbocycles. The van der Waals surface area contributed by atoms with Gasteiger partial charge in [0, 0.05) is 30.7 Å². The van der Waals surface area contributed by atoms with Crippen LogP contribution in [0.4, 0.5) is 0 Å². The summed E-state index contributed by atoms with van der Waals surface area (Å²) < 4.78 is 26.8. The minimum absolute atomic E-state index is 0.0151. The first kappa shape index (κ1) is 21.9. The van der Waals surface area contributed by atoms with Gasteiger partial charge in [-0.3, -0.25) is 4.79 Å². The molecule has 0 aromatic heterocycles. The normalized spacial score (nSPS) is 17.3. The van der Waals surface area contributed by atoms with Crippen molar-refractivity contribution in [2.45, 2.75) is 56.4 Å². The van der Waals surface area contributed by atoms with Crippen LogP contribution in [-0.4, -0.2) is 62.8 Å². The number of hydrogen-bond donors (Lipinski definition) is 1. The van der Waals surface area contributed by atoms with Crippen LogP contribution in [0.1, 0.15) is 56.3 Å². The number of carbonyl (C=O) groups is 1. The van der Waals surface area contributed by atoms with Gasteiger partial charge in [0.1, 0.15) is 0 Å². The SMILES string of the molecule is CCN(CC)S(=O)(=O)c1cccc(C(=O)NCC2(N(C)C)CCCCC2)c1. The van der Waals surface area contributed by atoms with Crippen molar-refractivity contribution in [3.8, 4) is 0 Å². The minimum atomic E-state index is -3.57. The zero-order valence-corrected chi connectivity index (χ0v) is 17.8. The van der Waals surface area contributed by atoms with Crippen molar-refractivity contribution < 1.29 is 13.2 Å². The number of nitrogens with one attached hydrogen (secondary N) is 1. The van der Waals surface area contributed by atoms with Crippen molar-refractivity contribution in [3.63, 3.8) is 0 Å². The van der Waals surface area contributed by atoms with Crippen LogP contribution in [0.3, 0.4) is 0 Å². The molecule has 0 atom stereocenters. The van der Waals surface area contributed by atoms with Crippen molar-refractivity contribution in [1.82, 2.24) is 14.5 Å². The van der Waals surface area contributed by atoms with Crippen LogP contribution in [0.15, 0.2) is 29.2 Å². The Morgan fingerprint density at radius 1 is 1.11 bits per heavy atom. The van der Waals surface area contributed by atoms with E-state index in [9.17, 15) is 13.2 Å². The first-order chi connectivity index (χ1) is 12.8. The van der Waals surface area contributed by atoms with Gasteiger partial charge in [0.2, 0.25) is 10.0 Å². The van der Waals surface area contributed by atoms with Gasteiger partial charge in [-0.25, -0.2) is 8.42 Å². The van der Waals surface area contributed by atoms with E-state index in [1.807, 2.05) is 13.8 Å². The van der Waals surface area contributed by atoms with Crippen LogP contribution in [0.2, 0.25) is 0 Å². The van der Waals surface area contributed by atoms with E-state index in [4.69, 9.17) is 0 Å². The molecule has 7 heteroatoms. The molecule has 0 spiro atoms. The molecule has 1 aliphatic carbocycles. The third kappa shape index (κ3) is 4.89. The van der Waals surface area contributed by atoms with Gasteiger partial charge in [0.25, 0.3) is 5.91 Å². The van der Waals surface area contributed by atoms with E-state index in [2.05, 4.69) is 24.3 Å². The summed E-state index contributed by atoms with van der Waals surface area (Å²) in [6.45, 7) is 5.00. The van der Waals surface area contributed by atoms with Crippen LogP contribution >= 0.6 is 0 Å². The third-order valence-corrected chi connectivity index (χ3v) is 7.80. The summed E-state index contributed by atoms with van der Waals surface area (Å²) in [5.74, 6) is -0.224. The maximum absolute atomic E-state index is 12.7. The van der Waals surface area contributed by atoms with E-state index >= 15 is 0 Å². The van der Waals surface area contributed by atoms with E-state index in [1.54, 1.807) is 18.2 Å². The fraction of sp³-hybridized carbons (Fsp3) is 0.650. The summed E-state index contributed by atoms with van der Waals surface area (Å²) in [5, 5.41) is 3.04. The van der Waals surface area contributed by atoms with E-state index < -0.39 is 10.0 Å². The van der Waals surface area contributed by atoms with Crippen LogP contribution in [0, 0.1) is 0 Å². The molecule has 6 nitrogen and oxygen atoms in total. The van der Waals surface area contributed by atoms with Gasteiger partial charge in [-0.05, 0) is 45.1 Å². The Morgan fingerprint density at radius 2 is 1.74 bits per heavy atom. The lowest BCUT2D eigenvalue weighted by atomic mass is 9.80. The number of hydrogen-bond acceptors (Lipinski definition) is 4. The molecule has 0 bridgehead atoms. The summed E-state index contributed by atoms with van der Waals surface area (Å²) >= 11 is 0. The fourth-order valence-corrected chi connectivity index (χ4v) is 5.35.